The molecule has 4 aliphatic rings. The third-order valence-corrected chi connectivity index (χ3v) is 11.6. The van der Waals surface area contributed by atoms with E-state index in [-0.39, 0.29) is 37.1 Å². The SMILES string of the molecule is CCOCCOC(=O)Cl.CCOCCOC(=O)OC1=C(c2c(CC)cc(C)cc2CC)C(=O)N2CCCCC12.CCc1cc(C)cc(CC)c1C1=C(O)C2CCCCN2C1=O. The summed E-state index contributed by atoms with van der Waals surface area (Å²) in [4.78, 5) is 52.4. The zero-order valence-corrected chi connectivity index (χ0v) is 38.3. The lowest BCUT2D eigenvalue weighted by Gasteiger charge is -2.30. The number of rotatable bonds is 15. The molecule has 61 heavy (non-hydrogen) atoms. The van der Waals surface area contributed by atoms with Crippen molar-refractivity contribution in [3.05, 3.63) is 80.3 Å². The standard InChI is InChI=1S/C24H33NO5.C19H25NO2.C5H9ClO3/c1-5-17-14-16(4)15-18(6-2)20(17)21-22(30-24(27)29-13-12-28-7-3)19-10-8-9-11-25(19)23(21)26;1-4-13-10-12(3)11-14(5-2)16(13)17-18(21)15-8-6-7-9-20(15)19(17)22;1-2-8-3-4-9-5(6)7/h14-15,19H,5-13H2,1-4H3;10-11,15,21H,4-9H2,1-3H3;2-4H2,1H3. The summed E-state index contributed by atoms with van der Waals surface area (Å²) in [5.41, 5.74) is 9.22. The predicted molar refractivity (Wildman–Crippen MR) is 238 cm³/mol. The van der Waals surface area contributed by atoms with E-state index in [1.807, 2.05) is 23.6 Å². The molecular formula is C48H67ClN2O10. The normalized spacial score (nSPS) is 18.2. The second-order valence-corrected chi connectivity index (χ2v) is 15.8. The molecule has 4 heterocycles. The van der Waals surface area contributed by atoms with Crippen molar-refractivity contribution in [3.63, 3.8) is 0 Å². The zero-order chi connectivity index (χ0) is 44.6. The van der Waals surface area contributed by atoms with Gasteiger partial charge in [-0.05, 0) is 125 Å². The van der Waals surface area contributed by atoms with Crippen LogP contribution >= 0.6 is 11.6 Å². The molecule has 6 rings (SSSR count). The Labute approximate surface area is 367 Å². The van der Waals surface area contributed by atoms with Crippen molar-refractivity contribution in [3.8, 4) is 0 Å². The summed E-state index contributed by atoms with van der Waals surface area (Å²) < 4.78 is 25.3. The Hall–Kier alpha value is -4.39. The number of aliphatic hydroxyl groups is 1. The number of carbonyl (C=O) groups excluding carboxylic acids is 4. The Balaban J connectivity index is 0.000000231. The van der Waals surface area contributed by atoms with Crippen LogP contribution in [0.5, 0.6) is 0 Å². The molecule has 2 unspecified atom stereocenters. The maximum atomic E-state index is 13.5. The third-order valence-electron chi connectivity index (χ3n) is 11.5. The first kappa shape index (κ1) is 49.3. The Bertz CT molecular complexity index is 1870. The Morgan fingerprint density at radius 2 is 1.07 bits per heavy atom. The molecule has 336 valence electrons. The third kappa shape index (κ3) is 12.4. The Kier molecular flexibility index (Phi) is 19.6. The molecule has 12 nitrogen and oxygen atoms in total. The monoisotopic (exact) mass is 866 g/mol. The quantitative estimate of drug-likeness (QED) is 0.105. The summed E-state index contributed by atoms with van der Waals surface area (Å²) in [6, 6.07) is 8.27. The van der Waals surface area contributed by atoms with E-state index in [1.165, 1.54) is 22.3 Å². The van der Waals surface area contributed by atoms with Crippen molar-refractivity contribution in [2.75, 3.05) is 52.7 Å². The molecule has 2 fully saturated rings. The number of piperidine rings is 2. The first-order valence-electron chi connectivity index (χ1n) is 22.2. The van der Waals surface area contributed by atoms with Gasteiger partial charge in [0.05, 0.1) is 36.4 Å². The van der Waals surface area contributed by atoms with Crippen molar-refractivity contribution in [1.82, 2.24) is 9.80 Å². The van der Waals surface area contributed by atoms with Crippen LogP contribution in [0, 0.1) is 13.8 Å². The molecular weight excluding hydrogens is 800 g/mol. The Morgan fingerprint density at radius 3 is 1.51 bits per heavy atom. The predicted octanol–water partition coefficient (Wildman–Crippen LogP) is 9.60. The van der Waals surface area contributed by atoms with Gasteiger partial charge in [0.15, 0.2) is 0 Å². The molecule has 13 heteroatoms. The number of aryl methyl sites for hydroxylation is 6. The van der Waals surface area contributed by atoms with E-state index in [4.69, 9.17) is 30.5 Å². The maximum Gasteiger partial charge on any atom is 0.513 e. The summed E-state index contributed by atoms with van der Waals surface area (Å²) in [5.74, 6) is 0.743. The van der Waals surface area contributed by atoms with E-state index < -0.39 is 11.6 Å². The molecule has 2 aromatic carbocycles. The van der Waals surface area contributed by atoms with Crippen LogP contribution < -0.4 is 0 Å². The molecule has 2 aromatic rings. The highest BCUT2D eigenvalue weighted by atomic mass is 35.5. The average molecular weight is 868 g/mol. The molecule has 2 saturated heterocycles. The van der Waals surface area contributed by atoms with Crippen LogP contribution in [0.4, 0.5) is 9.59 Å². The van der Waals surface area contributed by atoms with Crippen LogP contribution in [0.1, 0.15) is 125 Å². The smallest absolute Gasteiger partial charge is 0.509 e. The summed E-state index contributed by atoms with van der Waals surface area (Å²) in [6.45, 7) is 20.1. The van der Waals surface area contributed by atoms with Gasteiger partial charge in [0.2, 0.25) is 0 Å². The van der Waals surface area contributed by atoms with Gasteiger partial charge in [0.25, 0.3) is 11.8 Å². The lowest BCUT2D eigenvalue weighted by atomic mass is 9.89. The van der Waals surface area contributed by atoms with Crippen LogP contribution in [-0.4, -0.2) is 103 Å². The van der Waals surface area contributed by atoms with Gasteiger partial charge in [-0.3, -0.25) is 9.59 Å². The number of nitrogens with zero attached hydrogens (tertiary/aromatic N) is 2. The van der Waals surface area contributed by atoms with Crippen molar-refractivity contribution < 1.29 is 48.0 Å². The van der Waals surface area contributed by atoms with Crippen LogP contribution in [0.3, 0.4) is 0 Å². The largest absolute Gasteiger partial charge is 0.513 e. The molecule has 0 aromatic heterocycles. The average Bonchev–Trinajstić information content (AvgIpc) is 3.67. The van der Waals surface area contributed by atoms with Crippen molar-refractivity contribution >= 4 is 46.1 Å². The Morgan fingerprint density at radius 1 is 0.639 bits per heavy atom. The second kappa shape index (κ2) is 24.3. The number of hydrogen-bond donors (Lipinski definition) is 1. The number of hydrogen-bond acceptors (Lipinski definition) is 10. The summed E-state index contributed by atoms with van der Waals surface area (Å²) >= 11 is 4.84. The zero-order valence-electron chi connectivity index (χ0n) is 37.6. The van der Waals surface area contributed by atoms with Gasteiger partial charge >= 0.3 is 11.6 Å². The van der Waals surface area contributed by atoms with Gasteiger partial charge in [-0.2, -0.15) is 0 Å². The molecule has 4 aliphatic heterocycles. The summed E-state index contributed by atoms with van der Waals surface area (Å²) in [7, 11) is 0. The van der Waals surface area contributed by atoms with Gasteiger partial charge in [0, 0.05) is 37.9 Å². The molecule has 0 bridgehead atoms. The number of benzene rings is 2. The number of halogens is 1. The maximum absolute atomic E-state index is 13.5. The second-order valence-electron chi connectivity index (χ2n) is 15.5. The highest BCUT2D eigenvalue weighted by molar-refractivity contribution is 6.61. The van der Waals surface area contributed by atoms with Gasteiger partial charge in [0.1, 0.15) is 24.7 Å². The fourth-order valence-electron chi connectivity index (χ4n) is 8.74. The van der Waals surface area contributed by atoms with Gasteiger partial charge in [-0.25, -0.2) is 9.59 Å². The van der Waals surface area contributed by atoms with E-state index in [2.05, 4.69) is 70.5 Å². The highest BCUT2D eigenvalue weighted by Crippen LogP contribution is 2.42. The number of aliphatic hydroxyl groups excluding tert-OH is 1. The molecule has 0 spiro atoms. The van der Waals surface area contributed by atoms with Crippen molar-refractivity contribution in [2.24, 2.45) is 0 Å². The first-order valence-corrected chi connectivity index (χ1v) is 22.6. The van der Waals surface area contributed by atoms with E-state index in [0.29, 0.717) is 55.6 Å². The molecule has 0 aliphatic carbocycles. The number of ether oxygens (including phenoxy) is 5. The van der Waals surface area contributed by atoms with Gasteiger partial charge in [-0.15, -0.1) is 0 Å². The van der Waals surface area contributed by atoms with Crippen molar-refractivity contribution in [1.29, 1.82) is 0 Å². The minimum atomic E-state index is -0.783. The molecule has 2 amide bonds. The highest BCUT2D eigenvalue weighted by Gasteiger charge is 2.45. The van der Waals surface area contributed by atoms with E-state index >= 15 is 0 Å². The number of fused-ring (bicyclic) bond motifs is 2. The van der Waals surface area contributed by atoms with Gasteiger partial charge < -0.3 is 38.6 Å². The van der Waals surface area contributed by atoms with Crippen LogP contribution in [0.25, 0.3) is 11.1 Å². The number of carbonyl (C=O) groups is 4. The lowest BCUT2D eigenvalue weighted by molar-refractivity contribution is -0.127. The molecule has 1 N–H and O–H groups in total. The minimum absolute atomic E-state index is 0.0236. The molecule has 0 saturated carbocycles. The van der Waals surface area contributed by atoms with Crippen molar-refractivity contribution in [2.45, 2.75) is 132 Å². The molecule has 0 radical (unpaired) electrons. The minimum Gasteiger partial charge on any atom is -0.509 e. The van der Waals surface area contributed by atoms with Gasteiger partial charge in [-0.1, -0.05) is 63.1 Å². The summed E-state index contributed by atoms with van der Waals surface area (Å²) in [5, 5.41) is 10.7. The first-order chi connectivity index (χ1) is 29.4. The summed E-state index contributed by atoms with van der Waals surface area (Å²) in [6.07, 6.45) is 8.36. The fourth-order valence-corrected chi connectivity index (χ4v) is 8.82. The van der Waals surface area contributed by atoms with E-state index in [1.54, 1.807) is 0 Å². The van der Waals surface area contributed by atoms with E-state index in [9.17, 15) is 24.3 Å². The van der Waals surface area contributed by atoms with Crippen LogP contribution in [0.15, 0.2) is 35.8 Å². The fraction of sp³-hybridized carbons (Fsp3) is 0.583. The number of amides is 2. The lowest BCUT2D eigenvalue weighted by Crippen LogP contribution is -2.40. The van der Waals surface area contributed by atoms with Crippen LogP contribution in [0.2, 0.25) is 0 Å². The topological polar surface area (TPSA) is 141 Å². The molecule has 2 atom stereocenters. The van der Waals surface area contributed by atoms with E-state index in [0.717, 1.165) is 93.0 Å². The van der Waals surface area contributed by atoms with Crippen LogP contribution in [-0.2, 0) is 59.0 Å².